The Kier molecular flexibility index (Phi) is 4.01. The molecule has 1 saturated heterocycles. The summed E-state index contributed by atoms with van der Waals surface area (Å²) in [6, 6.07) is 0.614. The molecule has 1 N–H and O–H groups in total. The van der Waals surface area contributed by atoms with Crippen LogP contribution in [0.25, 0.3) is 0 Å². The number of hydrogen-bond acceptors (Lipinski definition) is 3. The molecule has 2 heterocycles. The third-order valence-corrected chi connectivity index (χ3v) is 4.76. The minimum absolute atomic E-state index is 0.359. The van der Waals surface area contributed by atoms with Crippen LogP contribution in [0.2, 0.25) is 0 Å². The van der Waals surface area contributed by atoms with Crippen molar-refractivity contribution < 1.29 is 4.74 Å². The Labute approximate surface area is 121 Å². The van der Waals surface area contributed by atoms with Crippen LogP contribution < -0.4 is 5.32 Å². The second-order valence-corrected chi connectivity index (χ2v) is 7.17. The van der Waals surface area contributed by atoms with Crippen LogP contribution in [0.3, 0.4) is 0 Å². The standard InChI is InChI=1S/C16H27N3O/c1-16(2)7-5-13(6-8-16)18-14-10-17-19(11-14)12-15-4-3-9-20-15/h10-11,13,15,18H,3-9,12H2,1-2H3. The molecule has 3 rings (SSSR count). The smallest absolute Gasteiger partial charge is 0.0771 e. The molecule has 1 aliphatic heterocycles. The zero-order valence-electron chi connectivity index (χ0n) is 12.8. The van der Waals surface area contributed by atoms with Gasteiger partial charge in [-0.05, 0) is 43.9 Å². The summed E-state index contributed by atoms with van der Waals surface area (Å²) in [5.74, 6) is 0. The van der Waals surface area contributed by atoms with Gasteiger partial charge in [-0.3, -0.25) is 4.68 Å². The lowest BCUT2D eigenvalue weighted by molar-refractivity contribution is 0.0940. The predicted octanol–water partition coefficient (Wildman–Crippen LogP) is 3.44. The number of rotatable bonds is 4. The van der Waals surface area contributed by atoms with Crippen molar-refractivity contribution in [2.75, 3.05) is 11.9 Å². The lowest BCUT2D eigenvalue weighted by Crippen LogP contribution is -2.29. The van der Waals surface area contributed by atoms with Gasteiger partial charge in [0.2, 0.25) is 0 Å². The fraction of sp³-hybridized carbons (Fsp3) is 0.812. The molecule has 2 aliphatic rings. The highest BCUT2D eigenvalue weighted by molar-refractivity contribution is 5.39. The molecule has 1 aromatic rings. The van der Waals surface area contributed by atoms with Gasteiger partial charge in [-0.2, -0.15) is 5.10 Å². The maximum atomic E-state index is 5.66. The average Bonchev–Trinajstić information content (AvgIpc) is 3.05. The monoisotopic (exact) mass is 277 g/mol. The van der Waals surface area contributed by atoms with Crippen molar-refractivity contribution >= 4 is 5.69 Å². The quantitative estimate of drug-likeness (QED) is 0.916. The van der Waals surface area contributed by atoms with Crippen molar-refractivity contribution in [3.8, 4) is 0 Å². The molecule has 0 amide bonds. The molecule has 1 saturated carbocycles. The van der Waals surface area contributed by atoms with E-state index in [2.05, 4.69) is 30.5 Å². The van der Waals surface area contributed by atoms with E-state index in [1.807, 2.05) is 10.9 Å². The van der Waals surface area contributed by atoms with Crippen LogP contribution in [-0.2, 0) is 11.3 Å². The molecule has 112 valence electrons. The van der Waals surface area contributed by atoms with E-state index in [1.54, 1.807) is 0 Å². The van der Waals surface area contributed by atoms with Crippen LogP contribution in [0.15, 0.2) is 12.4 Å². The second kappa shape index (κ2) is 5.76. The molecule has 20 heavy (non-hydrogen) atoms. The minimum atomic E-state index is 0.359. The molecule has 4 nitrogen and oxygen atoms in total. The molecule has 1 unspecified atom stereocenters. The molecule has 0 bridgehead atoms. The van der Waals surface area contributed by atoms with Crippen molar-refractivity contribution in [1.29, 1.82) is 0 Å². The summed E-state index contributed by atoms with van der Waals surface area (Å²) in [4.78, 5) is 0. The van der Waals surface area contributed by atoms with E-state index in [9.17, 15) is 0 Å². The average molecular weight is 277 g/mol. The van der Waals surface area contributed by atoms with Gasteiger partial charge in [0, 0.05) is 18.8 Å². The summed E-state index contributed by atoms with van der Waals surface area (Å²) in [7, 11) is 0. The Bertz CT molecular complexity index is 425. The van der Waals surface area contributed by atoms with E-state index in [4.69, 9.17) is 4.74 Å². The van der Waals surface area contributed by atoms with Gasteiger partial charge in [-0.15, -0.1) is 0 Å². The Morgan fingerprint density at radius 2 is 2.15 bits per heavy atom. The van der Waals surface area contributed by atoms with Gasteiger partial charge in [-0.25, -0.2) is 0 Å². The van der Waals surface area contributed by atoms with Crippen molar-refractivity contribution in [3.63, 3.8) is 0 Å². The van der Waals surface area contributed by atoms with Crippen LogP contribution in [0.1, 0.15) is 52.4 Å². The molecule has 1 atom stereocenters. The topological polar surface area (TPSA) is 39.1 Å². The van der Waals surface area contributed by atoms with Gasteiger partial charge in [0.1, 0.15) is 0 Å². The lowest BCUT2D eigenvalue weighted by atomic mass is 9.75. The third-order valence-electron chi connectivity index (χ3n) is 4.76. The Morgan fingerprint density at radius 3 is 2.85 bits per heavy atom. The van der Waals surface area contributed by atoms with E-state index in [-0.39, 0.29) is 0 Å². The fourth-order valence-electron chi connectivity index (χ4n) is 3.31. The molecular formula is C16H27N3O. The lowest BCUT2D eigenvalue weighted by Gasteiger charge is -2.34. The fourth-order valence-corrected chi connectivity index (χ4v) is 3.31. The predicted molar refractivity (Wildman–Crippen MR) is 80.9 cm³/mol. The van der Waals surface area contributed by atoms with Crippen molar-refractivity contribution in [1.82, 2.24) is 9.78 Å². The number of nitrogens with zero attached hydrogens (tertiary/aromatic N) is 2. The van der Waals surface area contributed by atoms with Crippen molar-refractivity contribution in [3.05, 3.63) is 12.4 Å². The third kappa shape index (κ3) is 3.54. The van der Waals surface area contributed by atoms with E-state index in [0.717, 1.165) is 18.8 Å². The number of hydrogen-bond donors (Lipinski definition) is 1. The first-order chi connectivity index (χ1) is 9.61. The summed E-state index contributed by atoms with van der Waals surface area (Å²) in [5, 5.41) is 8.09. The molecule has 0 spiro atoms. The minimum Gasteiger partial charge on any atom is -0.380 e. The second-order valence-electron chi connectivity index (χ2n) is 7.17. The van der Waals surface area contributed by atoms with E-state index in [0.29, 0.717) is 17.6 Å². The van der Waals surface area contributed by atoms with Gasteiger partial charge < -0.3 is 10.1 Å². The van der Waals surface area contributed by atoms with E-state index < -0.39 is 0 Å². The molecule has 0 aromatic carbocycles. The van der Waals surface area contributed by atoms with Crippen LogP contribution in [0.5, 0.6) is 0 Å². The SMILES string of the molecule is CC1(C)CCC(Nc2cnn(CC3CCCO3)c2)CC1. The van der Waals surface area contributed by atoms with Crippen LogP contribution >= 0.6 is 0 Å². The van der Waals surface area contributed by atoms with E-state index >= 15 is 0 Å². The number of ether oxygens (including phenoxy) is 1. The Hall–Kier alpha value is -1.03. The Morgan fingerprint density at radius 1 is 1.35 bits per heavy atom. The normalized spacial score (nSPS) is 26.8. The highest BCUT2D eigenvalue weighted by Gasteiger charge is 2.26. The van der Waals surface area contributed by atoms with E-state index in [1.165, 1.54) is 38.5 Å². The Balaban J connectivity index is 1.49. The van der Waals surface area contributed by atoms with Gasteiger partial charge >= 0.3 is 0 Å². The van der Waals surface area contributed by atoms with Crippen molar-refractivity contribution in [2.24, 2.45) is 5.41 Å². The zero-order chi connectivity index (χ0) is 14.0. The summed E-state index contributed by atoms with van der Waals surface area (Å²) in [6.07, 6.45) is 12.0. The molecule has 1 aliphatic carbocycles. The van der Waals surface area contributed by atoms with Gasteiger partial charge in [0.05, 0.1) is 24.5 Å². The van der Waals surface area contributed by atoms with Gasteiger partial charge in [-0.1, -0.05) is 13.8 Å². The summed E-state index contributed by atoms with van der Waals surface area (Å²) in [6.45, 7) is 6.56. The van der Waals surface area contributed by atoms with Crippen LogP contribution in [0, 0.1) is 5.41 Å². The van der Waals surface area contributed by atoms with Crippen molar-refractivity contribution in [2.45, 2.75) is 71.1 Å². The first-order valence-electron chi connectivity index (χ1n) is 8.01. The zero-order valence-corrected chi connectivity index (χ0v) is 12.8. The van der Waals surface area contributed by atoms with Gasteiger partial charge in [0.15, 0.2) is 0 Å². The number of aromatic nitrogens is 2. The summed E-state index contributed by atoms with van der Waals surface area (Å²) >= 11 is 0. The first kappa shape index (κ1) is 13.9. The van der Waals surface area contributed by atoms with Gasteiger partial charge in [0.25, 0.3) is 0 Å². The number of nitrogens with one attached hydrogen (secondary N) is 1. The molecule has 4 heteroatoms. The number of anilines is 1. The highest BCUT2D eigenvalue weighted by Crippen LogP contribution is 2.36. The maximum Gasteiger partial charge on any atom is 0.0771 e. The van der Waals surface area contributed by atoms with Crippen LogP contribution in [0.4, 0.5) is 5.69 Å². The summed E-state index contributed by atoms with van der Waals surface area (Å²) < 4.78 is 7.68. The first-order valence-corrected chi connectivity index (χ1v) is 8.01. The van der Waals surface area contributed by atoms with Crippen LogP contribution in [-0.4, -0.2) is 28.5 Å². The molecule has 2 fully saturated rings. The molecular weight excluding hydrogens is 250 g/mol. The molecule has 1 aromatic heterocycles. The largest absolute Gasteiger partial charge is 0.380 e. The molecule has 0 radical (unpaired) electrons. The maximum absolute atomic E-state index is 5.66. The highest BCUT2D eigenvalue weighted by atomic mass is 16.5. The summed E-state index contributed by atoms with van der Waals surface area (Å²) in [5.41, 5.74) is 1.69.